The Bertz CT molecular complexity index is 2490. The van der Waals surface area contributed by atoms with Gasteiger partial charge < -0.3 is 0 Å². The second-order valence-corrected chi connectivity index (χ2v) is 12.0. The Morgan fingerprint density at radius 2 is 1.12 bits per heavy atom. The Morgan fingerprint density at radius 1 is 0.512 bits per heavy atom. The third-order valence-electron chi connectivity index (χ3n) is 8.57. The molecule has 202 valence electrons. The molecule has 8 aromatic rings. The Kier molecular flexibility index (Phi) is 6.06. The zero-order valence-corrected chi connectivity index (χ0v) is 24.5. The molecule has 7 aromatic carbocycles. The lowest BCUT2D eigenvalue weighted by molar-refractivity contribution is 1.54. The van der Waals surface area contributed by atoms with Crippen LogP contribution in [0.3, 0.4) is 0 Å². The van der Waals surface area contributed by atoms with Gasteiger partial charge in [-0.3, -0.25) is 0 Å². The van der Waals surface area contributed by atoms with Crippen molar-refractivity contribution in [2.75, 3.05) is 0 Å². The van der Waals surface area contributed by atoms with E-state index in [1.165, 1.54) is 64.0 Å². The van der Waals surface area contributed by atoms with Gasteiger partial charge in [0.1, 0.15) is 0 Å². The summed E-state index contributed by atoms with van der Waals surface area (Å²) in [5.74, 6) is 0. The summed E-state index contributed by atoms with van der Waals surface area (Å²) in [7, 11) is 0. The summed E-state index contributed by atoms with van der Waals surface area (Å²) in [4.78, 5) is 0. The smallest absolute Gasteiger partial charge is 0.0434 e. The topological polar surface area (TPSA) is 0 Å². The van der Waals surface area contributed by atoms with Gasteiger partial charge in [0.05, 0.1) is 0 Å². The van der Waals surface area contributed by atoms with E-state index in [0.29, 0.717) is 0 Å². The minimum Gasteiger partial charge on any atom is -0.135 e. The van der Waals surface area contributed by atoms with Crippen LogP contribution in [-0.2, 0) is 0 Å². The first-order valence-electron chi connectivity index (χ1n) is 14.6. The molecule has 8 rings (SSSR count). The van der Waals surface area contributed by atoms with Gasteiger partial charge in [-0.05, 0) is 71.9 Å². The second kappa shape index (κ2) is 10.2. The Morgan fingerprint density at radius 3 is 1.95 bits per heavy atom. The summed E-state index contributed by atoms with van der Waals surface area (Å²) in [5.41, 5.74) is 7.22. The monoisotopic (exact) mass is 564 g/mol. The highest BCUT2D eigenvalue weighted by Crippen LogP contribution is 2.41. The molecule has 0 radical (unpaired) electrons. The molecule has 0 N–H and O–H groups in total. The molecular formula is C42H28S. The number of rotatable bonds is 4. The first kappa shape index (κ1) is 25.5. The van der Waals surface area contributed by atoms with Crippen molar-refractivity contribution in [1.29, 1.82) is 0 Å². The number of hydrogen-bond donors (Lipinski definition) is 0. The van der Waals surface area contributed by atoms with Gasteiger partial charge in [0, 0.05) is 25.7 Å². The molecule has 43 heavy (non-hydrogen) atoms. The van der Waals surface area contributed by atoms with Crippen LogP contribution in [0.1, 0.15) is 0 Å². The predicted molar refractivity (Wildman–Crippen MR) is 190 cm³/mol. The largest absolute Gasteiger partial charge is 0.135 e. The fraction of sp³-hybridized carbons (Fsp3) is 0. The number of hydrogen-bond acceptors (Lipinski definition) is 1. The zero-order valence-electron chi connectivity index (χ0n) is 23.7. The lowest BCUT2D eigenvalue weighted by Crippen LogP contribution is -2.28. The summed E-state index contributed by atoms with van der Waals surface area (Å²) < 4.78 is 2.61. The molecule has 0 saturated heterocycles. The second-order valence-electron chi connectivity index (χ2n) is 11.0. The normalized spacial score (nSPS) is 12.0. The minimum absolute atomic E-state index is 1.02. The van der Waals surface area contributed by atoms with Crippen LogP contribution >= 0.6 is 11.3 Å². The van der Waals surface area contributed by atoms with E-state index in [1.807, 2.05) is 17.4 Å². The van der Waals surface area contributed by atoms with E-state index in [4.69, 9.17) is 6.58 Å². The minimum atomic E-state index is 1.02. The van der Waals surface area contributed by atoms with Crippen LogP contribution in [0, 0.1) is 0 Å². The SMILES string of the molecule is C=C/C=c1/c(-c2cccc3c2sc2ccccc23)c2ccccc2c(-c2cccc(-c3cccc4ccccc34)c2)c1=C. The first-order chi connectivity index (χ1) is 21.2. The average Bonchev–Trinajstić information content (AvgIpc) is 3.44. The molecular weight excluding hydrogens is 537 g/mol. The van der Waals surface area contributed by atoms with Gasteiger partial charge in [0.15, 0.2) is 0 Å². The van der Waals surface area contributed by atoms with Crippen molar-refractivity contribution >= 4 is 65.7 Å². The van der Waals surface area contributed by atoms with E-state index >= 15 is 0 Å². The van der Waals surface area contributed by atoms with Gasteiger partial charge in [-0.15, -0.1) is 11.3 Å². The molecule has 0 amide bonds. The third kappa shape index (κ3) is 4.05. The van der Waals surface area contributed by atoms with Crippen molar-refractivity contribution in [1.82, 2.24) is 0 Å². The molecule has 0 saturated carbocycles. The highest BCUT2D eigenvalue weighted by molar-refractivity contribution is 7.26. The molecule has 0 nitrogen and oxygen atoms in total. The first-order valence-corrected chi connectivity index (χ1v) is 15.4. The number of benzene rings is 7. The van der Waals surface area contributed by atoms with Gasteiger partial charge in [0.2, 0.25) is 0 Å². The van der Waals surface area contributed by atoms with E-state index in [0.717, 1.165) is 21.6 Å². The number of allylic oxidation sites excluding steroid dienone is 1. The van der Waals surface area contributed by atoms with E-state index < -0.39 is 0 Å². The van der Waals surface area contributed by atoms with Gasteiger partial charge >= 0.3 is 0 Å². The van der Waals surface area contributed by atoms with Crippen molar-refractivity contribution in [2.24, 2.45) is 0 Å². The fourth-order valence-electron chi connectivity index (χ4n) is 6.70. The van der Waals surface area contributed by atoms with Gasteiger partial charge in [0.25, 0.3) is 0 Å². The van der Waals surface area contributed by atoms with Crippen molar-refractivity contribution in [3.05, 3.63) is 157 Å². The standard InChI is InChI=1S/C42H28S/c1-3-13-31-27(2)40(30-17-10-16-29(26-30)33-22-11-15-28-14-4-5-18-32(28)33)35-20-6-7-21-36(35)41(31)38-24-12-23-37-34-19-8-9-25-39(34)43-42(37)38/h3-26H,1-2H2/b31-13+. The maximum Gasteiger partial charge on any atom is 0.0434 e. The van der Waals surface area contributed by atoms with Crippen LogP contribution in [0.2, 0.25) is 0 Å². The Labute approximate surface area is 254 Å². The molecule has 0 aliphatic heterocycles. The average molecular weight is 565 g/mol. The number of fused-ring (bicyclic) bond motifs is 5. The van der Waals surface area contributed by atoms with Crippen LogP contribution < -0.4 is 10.4 Å². The molecule has 0 aliphatic carbocycles. The molecule has 0 aliphatic rings. The van der Waals surface area contributed by atoms with Crippen molar-refractivity contribution in [2.45, 2.75) is 0 Å². The molecule has 1 heterocycles. The van der Waals surface area contributed by atoms with E-state index in [2.05, 4.69) is 146 Å². The third-order valence-corrected chi connectivity index (χ3v) is 9.79. The molecule has 1 heteroatoms. The van der Waals surface area contributed by atoms with Crippen LogP contribution in [0.25, 0.3) is 87.8 Å². The van der Waals surface area contributed by atoms with Gasteiger partial charge in [-0.2, -0.15) is 0 Å². The van der Waals surface area contributed by atoms with E-state index in [-0.39, 0.29) is 0 Å². The number of thiophene rings is 1. The van der Waals surface area contributed by atoms with Crippen LogP contribution in [0.15, 0.2) is 146 Å². The van der Waals surface area contributed by atoms with Crippen molar-refractivity contribution in [3.63, 3.8) is 0 Å². The van der Waals surface area contributed by atoms with Crippen molar-refractivity contribution < 1.29 is 0 Å². The lowest BCUT2D eigenvalue weighted by Gasteiger charge is -2.16. The van der Waals surface area contributed by atoms with Crippen molar-refractivity contribution in [3.8, 4) is 33.4 Å². The molecule has 0 fully saturated rings. The maximum absolute atomic E-state index is 4.75. The lowest BCUT2D eigenvalue weighted by atomic mass is 9.87. The molecule has 0 unspecified atom stereocenters. The van der Waals surface area contributed by atoms with Crippen LogP contribution in [0.4, 0.5) is 0 Å². The summed E-state index contributed by atoms with van der Waals surface area (Å²) in [6.45, 7) is 8.86. The molecule has 1 aromatic heterocycles. The van der Waals surface area contributed by atoms with Gasteiger partial charge in [-0.1, -0.05) is 147 Å². The predicted octanol–water partition coefficient (Wildman–Crippen LogP) is 10.7. The maximum atomic E-state index is 4.75. The zero-order chi connectivity index (χ0) is 28.9. The molecule has 0 bridgehead atoms. The van der Waals surface area contributed by atoms with Crippen LogP contribution in [-0.4, -0.2) is 0 Å². The highest BCUT2D eigenvalue weighted by atomic mass is 32.1. The Hall–Kier alpha value is -5.24. The summed E-state index contributed by atoms with van der Waals surface area (Å²) in [5, 5.41) is 9.66. The fourth-order valence-corrected chi connectivity index (χ4v) is 7.92. The van der Waals surface area contributed by atoms with Crippen LogP contribution in [0.5, 0.6) is 0 Å². The summed E-state index contributed by atoms with van der Waals surface area (Å²) in [6.07, 6.45) is 4.03. The Balaban J connectivity index is 1.44. The quantitative estimate of drug-likeness (QED) is 0.199. The summed E-state index contributed by atoms with van der Waals surface area (Å²) in [6, 6.07) is 48.3. The van der Waals surface area contributed by atoms with E-state index in [9.17, 15) is 0 Å². The molecule has 0 spiro atoms. The summed E-state index contributed by atoms with van der Waals surface area (Å²) >= 11 is 1.87. The highest BCUT2D eigenvalue weighted by Gasteiger charge is 2.17. The van der Waals surface area contributed by atoms with Gasteiger partial charge in [-0.25, -0.2) is 0 Å². The molecule has 0 atom stereocenters. The van der Waals surface area contributed by atoms with E-state index in [1.54, 1.807) is 0 Å².